The molecule has 29 heavy (non-hydrogen) atoms. The zero-order valence-corrected chi connectivity index (χ0v) is 16.1. The second kappa shape index (κ2) is 8.72. The molecule has 0 unspecified atom stereocenters. The number of nitrogens with zero attached hydrogens (tertiary/aromatic N) is 3. The topological polar surface area (TPSA) is 59.4 Å². The SMILES string of the molecule is N#Cc1cc(Cl)ccc1N1CCN(CC(=O)Nc2ccccc2C(F)(F)F)CC1. The molecule has 1 N–H and O–H groups in total. The van der Waals surface area contributed by atoms with Crippen molar-refractivity contribution in [1.29, 1.82) is 5.26 Å². The summed E-state index contributed by atoms with van der Waals surface area (Å²) in [6.07, 6.45) is -4.54. The van der Waals surface area contributed by atoms with Crippen molar-refractivity contribution in [3.05, 3.63) is 58.6 Å². The molecule has 0 atom stereocenters. The lowest BCUT2D eigenvalue weighted by Crippen LogP contribution is -2.48. The second-order valence-corrected chi connectivity index (χ2v) is 7.06. The molecule has 0 spiro atoms. The van der Waals surface area contributed by atoms with Crippen LogP contribution in [0, 0.1) is 11.3 Å². The Morgan fingerprint density at radius 2 is 1.83 bits per heavy atom. The fourth-order valence-electron chi connectivity index (χ4n) is 3.25. The number of nitrogens with one attached hydrogen (secondary N) is 1. The minimum absolute atomic E-state index is 0.00818. The highest BCUT2D eigenvalue weighted by Gasteiger charge is 2.33. The van der Waals surface area contributed by atoms with Crippen molar-refractivity contribution >= 4 is 28.9 Å². The van der Waals surface area contributed by atoms with E-state index in [4.69, 9.17) is 11.6 Å². The van der Waals surface area contributed by atoms with Gasteiger partial charge >= 0.3 is 6.18 Å². The summed E-state index contributed by atoms with van der Waals surface area (Å²) in [5.41, 5.74) is 0.140. The molecule has 2 aromatic carbocycles. The number of hydrogen-bond donors (Lipinski definition) is 1. The van der Waals surface area contributed by atoms with E-state index < -0.39 is 17.6 Å². The predicted octanol–water partition coefficient (Wildman–Crippen LogP) is 3.99. The van der Waals surface area contributed by atoms with Crippen LogP contribution in [-0.4, -0.2) is 43.5 Å². The van der Waals surface area contributed by atoms with Gasteiger partial charge in [-0.2, -0.15) is 18.4 Å². The van der Waals surface area contributed by atoms with E-state index in [1.54, 1.807) is 18.2 Å². The van der Waals surface area contributed by atoms with Crippen LogP contribution in [0.4, 0.5) is 24.5 Å². The number of alkyl halides is 3. The van der Waals surface area contributed by atoms with Gasteiger partial charge in [0.05, 0.1) is 29.0 Å². The number of carbonyl (C=O) groups excluding carboxylic acids is 1. The Labute approximate surface area is 171 Å². The Morgan fingerprint density at radius 1 is 1.14 bits per heavy atom. The Balaban J connectivity index is 1.58. The molecular formula is C20H18ClF3N4O. The first-order valence-electron chi connectivity index (χ1n) is 8.91. The van der Waals surface area contributed by atoms with Crippen LogP contribution in [-0.2, 0) is 11.0 Å². The molecule has 0 aromatic heterocycles. The average Bonchev–Trinajstić information content (AvgIpc) is 2.68. The number of benzene rings is 2. The maximum Gasteiger partial charge on any atom is 0.418 e. The number of piperazine rings is 1. The first-order valence-corrected chi connectivity index (χ1v) is 9.29. The summed E-state index contributed by atoms with van der Waals surface area (Å²) in [5, 5.41) is 12.1. The minimum atomic E-state index is -4.54. The Morgan fingerprint density at radius 3 is 2.48 bits per heavy atom. The third-order valence-electron chi connectivity index (χ3n) is 4.67. The van der Waals surface area contributed by atoms with Gasteiger partial charge in [-0.15, -0.1) is 0 Å². The number of para-hydroxylation sites is 1. The van der Waals surface area contributed by atoms with Crippen LogP contribution in [0.15, 0.2) is 42.5 Å². The van der Waals surface area contributed by atoms with Gasteiger partial charge < -0.3 is 10.2 Å². The maximum absolute atomic E-state index is 13.0. The number of anilines is 2. The summed E-state index contributed by atoms with van der Waals surface area (Å²) in [5.74, 6) is -0.501. The molecule has 0 saturated carbocycles. The first-order chi connectivity index (χ1) is 13.8. The van der Waals surface area contributed by atoms with Crippen LogP contribution in [0.25, 0.3) is 0 Å². The van der Waals surface area contributed by atoms with E-state index in [1.807, 2.05) is 9.80 Å². The normalized spacial score (nSPS) is 15.1. The van der Waals surface area contributed by atoms with Crippen molar-refractivity contribution in [3.8, 4) is 6.07 Å². The van der Waals surface area contributed by atoms with E-state index in [-0.39, 0.29) is 12.2 Å². The van der Waals surface area contributed by atoms with Gasteiger partial charge in [-0.25, -0.2) is 0 Å². The molecule has 0 aliphatic carbocycles. The zero-order valence-electron chi connectivity index (χ0n) is 15.3. The number of halogens is 4. The molecule has 0 radical (unpaired) electrons. The van der Waals surface area contributed by atoms with Gasteiger partial charge in [-0.3, -0.25) is 9.69 Å². The Bertz CT molecular complexity index is 934. The van der Waals surface area contributed by atoms with E-state index in [1.165, 1.54) is 18.2 Å². The summed E-state index contributed by atoms with van der Waals surface area (Å²) in [4.78, 5) is 16.2. The number of rotatable bonds is 4. The van der Waals surface area contributed by atoms with Crippen molar-refractivity contribution in [2.24, 2.45) is 0 Å². The van der Waals surface area contributed by atoms with Gasteiger partial charge in [-0.1, -0.05) is 23.7 Å². The van der Waals surface area contributed by atoms with Crippen LogP contribution in [0.1, 0.15) is 11.1 Å². The highest BCUT2D eigenvalue weighted by Crippen LogP contribution is 2.34. The van der Waals surface area contributed by atoms with Crippen LogP contribution in [0.3, 0.4) is 0 Å². The van der Waals surface area contributed by atoms with Crippen molar-refractivity contribution < 1.29 is 18.0 Å². The molecule has 3 rings (SSSR count). The quantitative estimate of drug-likeness (QED) is 0.809. The van der Waals surface area contributed by atoms with E-state index in [2.05, 4.69) is 11.4 Å². The van der Waals surface area contributed by atoms with Gasteiger partial charge in [0, 0.05) is 31.2 Å². The number of carbonyl (C=O) groups is 1. The van der Waals surface area contributed by atoms with E-state index >= 15 is 0 Å². The fraction of sp³-hybridized carbons (Fsp3) is 0.300. The Hall–Kier alpha value is -2.76. The summed E-state index contributed by atoms with van der Waals surface area (Å²) < 4.78 is 39.1. The van der Waals surface area contributed by atoms with Crippen LogP contribution in [0.2, 0.25) is 5.02 Å². The molecule has 5 nitrogen and oxygen atoms in total. The minimum Gasteiger partial charge on any atom is -0.368 e. The molecule has 1 saturated heterocycles. The molecule has 9 heteroatoms. The third kappa shape index (κ3) is 5.19. The first kappa shape index (κ1) is 21.0. The summed E-state index contributed by atoms with van der Waals surface area (Å²) in [6, 6.07) is 12.1. The smallest absolute Gasteiger partial charge is 0.368 e. The number of hydrogen-bond acceptors (Lipinski definition) is 4. The molecule has 1 amide bonds. The van der Waals surface area contributed by atoms with Gasteiger partial charge in [0.25, 0.3) is 0 Å². The molecular weight excluding hydrogens is 405 g/mol. The molecule has 1 heterocycles. The highest BCUT2D eigenvalue weighted by molar-refractivity contribution is 6.30. The van der Waals surface area contributed by atoms with Crippen molar-refractivity contribution in [1.82, 2.24) is 4.90 Å². The largest absolute Gasteiger partial charge is 0.418 e. The van der Waals surface area contributed by atoms with Crippen molar-refractivity contribution in [3.63, 3.8) is 0 Å². The summed E-state index contributed by atoms with van der Waals surface area (Å²) in [7, 11) is 0. The average molecular weight is 423 g/mol. The standard InChI is InChI=1S/C20H18ClF3N4O/c21-15-5-6-18(14(11-15)12-25)28-9-7-27(8-10-28)13-19(29)26-17-4-2-1-3-16(17)20(22,23)24/h1-6,11H,7-10,13H2,(H,26,29). The molecule has 1 fully saturated rings. The Kier molecular flexibility index (Phi) is 6.30. The van der Waals surface area contributed by atoms with E-state index in [0.29, 0.717) is 36.8 Å². The van der Waals surface area contributed by atoms with Gasteiger partial charge in [0.2, 0.25) is 5.91 Å². The lowest BCUT2D eigenvalue weighted by Gasteiger charge is -2.36. The monoisotopic (exact) mass is 422 g/mol. The van der Waals surface area contributed by atoms with E-state index in [0.717, 1.165) is 11.8 Å². The molecule has 152 valence electrons. The zero-order chi connectivity index (χ0) is 21.0. The van der Waals surface area contributed by atoms with Crippen molar-refractivity contribution in [2.75, 3.05) is 42.9 Å². The lowest BCUT2D eigenvalue weighted by atomic mass is 10.1. The van der Waals surface area contributed by atoms with E-state index in [9.17, 15) is 23.2 Å². The fourth-order valence-corrected chi connectivity index (χ4v) is 3.42. The number of nitriles is 1. The van der Waals surface area contributed by atoms with Gasteiger partial charge in [-0.05, 0) is 30.3 Å². The van der Waals surface area contributed by atoms with Crippen LogP contribution in [0.5, 0.6) is 0 Å². The van der Waals surface area contributed by atoms with Gasteiger partial charge in [0.1, 0.15) is 6.07 Å². The van der Waals surface area contributed by atoms with Crippen LogP contribution < -0.4 is 10.2 Å². The van der Waals surface area contributed by atoms with Crippen molar-refractivity contribution in [2.45, 2.75) is 6.18 Å². The highest BCUT2D eigenvalue weighted by atomic mass is 35.5. The lowest BCUT2D eigenvalue weighted by molar-refractivity contribution is -0.137. The second-order valence-electron chi connectivity index (χ2n) is 6.63. The predicted molar refractivity (Wildman–Crippen MR) is 105 cm³/mol. The summed E-state index contributed by atoms with van der Waals surface area (Å²) >= 11 is 5.93. The van der Waals surface area contributed by atoms with Crippen LogP contribution >= 0.6 is 11.6 Å². The summed E-state index contributed by atoms with van der Waals surface area (Å²) in [6.45, 7) is 2.25. The maximum atomic E-state index is 13.0. The van der Waals surface area contributed by atoms with Gasteiger partial charge in [0.15, 0.2) is 0 Å². The number of amides is 1. The third-order valence-corrected chi connectivity index (χ3v) is 4.90. The molecule has 0 bridgehead atoms. The molecule has 1 aliphatic rings. The molecule has 1 aliphatic heterocycles. The molecule has 2 aromatic rings.